The van der Waals surface area contributed by atoms with Crippen LogP contribution in [-0.4, -0.2) is 27.2 Å². The minimum absolute atomic E-state index is 0.158. The van der Waals surface area contributed by atoms with Crippen molar-refractivity contribution in [2.45, 2.75) is 6.92 Å². The fourth-order valence-corrected chi connectivity index (χ4v) is 2.79. The predicted molar refractivity (Wildman–Crippen MR) is 102 cm³/mol. The second-order valence-electron chi connectivity index (χ2n) is 5.87. The van der Waals surface area contributed by atoms with Crippen LogP contribution in [0.1, 0.15) is 18.2 Å². The summed E-state index contributed by atoms with van der Waals surface area (Å²) in [5.74, 6) is -0.509. The number of imidazole rings is 1. The van der Waals surface area contributed by atoms with E-state index >= 15 is 0 Å². The lowest BCUT2D eigenvalue weighted by Crippen LogP contribution is -2.07. The van der Waals surface area contributed by atoms with Gasteiger partial charge >= 0.3 is 5.97 Å². The maximum absolute atomic E-state index is 12.1. The fourth-order valence-electron chi connectivity index (χ4n) is 2.63. The van der Waals surface area contributed by atoms with E-state index in [2.05, 4.69) is 15.3 Å². The van der Waals surface area contributed by atoms with Crippen LogP contribution in [0, 0.1) is 0 Å². The van der Waals surface area contributed by atoms with Crippen molar-refractivity contribution in [1.29, 1.82) is 0 Å². The number of anilines is 1. The van der Waals surface area contributed by atoms with E-state index in [0.29, 0.717) is 27.6 Å². The largest absolute Gasteiger partial charge is 0.402 e. The number of ether oxygens (including phenoxy) is 1. The average Bonchev–Trinajstić information content (AvgIpc) is 3.18. The molecule has 0 aliphatic carbocycles. The van der Waals surface area contributed by atoms with Crippen molar-refractivity contribution in [1.82, 2.24) is 9.38 Å². The van der Waals surface area contributed by atoms with Crippen LogP contribution in [-0.2, 0) is 14.3 Å². The van der Waals surface area contributed by atoms with E-state index in [4.69, 9.17) is 16.3 Å². The van der Waals surface area contributed by atoms with Crippen molar-refractivity contribution in [3.8, 4) is 0 Å². The van der Waals surface area contributed by atoms with Gasteiger partial charge in [0.2, 0.25) is 11.8 Å². The quantitative estimate of drug-likeness (QED) is 0.558. The van der Waals surface area contributed by atoms with Crippen LogP contribution in [0.25, 0.3) is 11.7 Å². The van der Waals surface area contributed by atoms with Crippen LogP contribution in [0.15, 0.2) is 59.5 Å². The zero-order chi connectivity index (χ0) is 19.0. The van der Waals surface area contributed by atoms with Crippen molar-refractivity contribution in [3.63, 3.8) is 0 Å². The third kappa shape index (κ3) is 3.58. The van der Waals surface area contributed by atoms with E-state index in [-0.39, 0.29) is 17.5 Å². The second-order valence-corrected chi connectivity index (χ2v) is 6.31. The number of aliphatic imine (C=N–C) groups is 1. The Bertz CT molecular complexity index is 1130. The molecule has 3 heterocycles. The molecule has 4 rings (SSSR count). The van der Waals surface area contributed by atoms with Gasteiger partial charge in [-0.2, -0.15) is 0 Å². The Labute approximate surface area is 159 Å². The number of benzene rings is 1. The van der Waals surface area contributed by atoms with Gasteiger partial charge in [-0.3, -0.25) is 4.79 Å². The molecule has 27 heavy (non-hydrogen) atoms. The average molecular weight is 381 g/mol. The fraction of sp³-hybridized carbons (Fsp3) is 0.0526. The molecule has 0 spiro atoms. The van der Waals surface area contributed by atoms with E-state index < -0.39 is 5.97 Å². The maximum Gasteiger partial charge on any atom is 0.363 e. The Morgan fingerprint density at radius 1 is 1.19 bits per heavy atom. The number of rotatable bonds is 3. The molecule has 0 bridgehead atoms. The summed E-state index contributed by atoms with van der Waals surface area (Å²) in [4.78, 5) is 31.9. The van der Waals surface area contributed by atoms with Gasteiger partial charge in [0.25, 0.3) is 0 Å². The molecule has 1 aliphatic rings. The molecular weight excluding hydrogens is 368 g/mol. The van der Waals surface area contributed by atoms with Gasteiger partial charge in [0.05, 0.1) is 10.7 Å². The molecule has 0 saturated carbocycles. The van der Waals surface area contributed by atoms with Crippen LogP contribution in [0.4, 0.5) is 5.69 Å². The number of hydrogen-bond acceptors (Lipinski definition) is 5. The van der Waals surface area contributed by atoms with Crippen molar-refractivity contribution in [2.75, 3.05) is 5.32 Å². The Kier molecular flexibility index (Phi) is 4.21. The Morgan fingerprint density at radius 2 is 1.96 bits per heavy atom. The minimum atomic E-state index is -0.550. The first-order valence-corrected chi connectivity index (χ1v) is 8.40. The summed E-state index contributed by atoms with van der Waals surface area (Å²) < 4.78 is 7.01. The van der Waals surface area contributed by atoms with E-state index in [9.17, 15) is 9.59 Å². The van der Waals surface area contributed by atoms with E-state index in [0.717, 1.165) is 0 Å². The molecule has 0 unspecified atom stereocenters. The smallest absolute Gasteiger partial charge is 0.363 e. The molecule has 3 aromatic rings. The van der Waals surface area contributed by atoms with Gasteiger partial charge in [-0.1, -0.05) is 11.6 Å². The van der Waals surface area contributed by atoms with Crippen LogP contribution in [0.5, 0.6) is 0 Å². The standard InChI is InChI=1S/C19H13ClN4O3/c1-11(25)21-14-5-2-12(3-6-14)18-23-16(19(26)27-18)8-15-10-24-9-13(20)4-7-17(24)22-15/h2-10H,1H3,(H,21,25)/b16-8+. The zero-order valence-corrected chi connectivity index (χ0v) is 14.9. The van der Waals surface area contributed by atoms with Crippen LogP contribution in [0.3, 0.4) is 0 Å². The highest BCUT2D eigenvalue weighted by atomic mass is 35.5. The molecule has 8 heteroatoms. The normalized spacial score (nSPS) is 15.1. The third-order valence-corrected chi connectivity index (χ3v) is 4.01. The topological polar surface area (TPSA) is 85.1 Å². The molecule has 0 atom stereocenters. The number of esters is 1. The molecule has 0 radical (unpaired) electrons. The van der Waals surface area contributed by atoms with E-state index in [1.165, 1.54) is 6.92 Å². The number of aromatic nitrogens is 2. The first-order valence-electron chi connectivity index (χ1n) is 8.03. The van der Waals surface area contributed by atoms with Crippen LogP contribution in [0.2, 0.25) is 5.02 Å². The number of carbonyl (C=O) groups excluding carboxylic acids is 2. The van der Waals surface area contributed by atoms with Gasteiger partial charge in [-0.05, 0) is 42.5 Å². The molecule has 1 aromatic carbocycles. The predicted octanol–water partition coefficient (Wildman–Crippen LogP) is 3.29. The number of fused-ring (bicyclic) bond motifs is 1. The van der Waals surface area contributed by atoms with E-state index in [1.54, 1.807) is 59.3 Å². The van der Waals surface area contributed by atoms with Gasteiger partial charge in [0.15, 0.2) is 5.70 Å². The Morgan fingerprint density at radius 3 is 2.70 bits per heavy atom. The first kappa shape index (κ1) is 17.0. The molecular formula is C19H13ClN4O3. The summed E-state index contributed by atoms with van der Waals surface area (Å²) in [5.41, 5.74) is 2.70. The molecule has 1 aliphatic heterocycles. The zero-order valence-electron chi connectivity index (χ0n) is 14.1. The lowest BCUT2D eigenvalue weighted by atomic mass is 10.2. The molecule has 1 amide bonds. The lowest BCUT2D eigenvalue weighted by Gasteiger charge is -2.03. The van der Waals surface area contributed by atoms with Gasteiger partial charge in [-0.25, -0.2) is 14.8 Å². The molecule has 134 valence electrons. The number of hydrogen-bond donors (Lipinski definition) is 1. The molecule has 1 N–H and O–H groups in total. The Balaban J connectivity index is 1.61. The van der Waals surface area contributed by atoms with Crippen molar-refractivity contribution in [3.05, 3.63) is 70.8 Å². The van der Waals surface area contributed by atoms with Crippen LogP contribution < -0.4 is 5.32 Å². The number of cyclic esters (lactones) is 1. The molecule has 2 aromatic heterocycles. The molecule has 0 fully saturated rings. The van der Waals surface area contributed by atoms with Gasteiger partial charge in [-0.15, -0.1) is 0 Å². The van der Waals surface area contributed by atoms with Gasteiger partial charge in [0, 0.05) is 30.6 Å². The Hall–Kier alpha value is -3.45. The second kappa shape index (κ2) is 6.69. The number of halogens is 1. The summed E-state index contributed by atoms with van der Waals surface area (Å²) in [6, 6.07) is 10.4. The summed E-state index contributed by atoms with van der Waals surface area (Å²) >= 11 is 5.96. The van der Waals surface area contributed by atoms with Crippen molar-refractivity contribution in [2.24, 2.45) is 4.99 Å². The highest BCUT2D eigenvalue weighted by Crippen LogP contribution is 2.21. The number of pyridine rings is 1. The summed E-state index contributed by atoms with van der Waals surface area (Å²) in [7, 11) is 0. The maximum atomic E-state index is 12.1. The highest BCUT2D eigenvalue weighted by Gasteiger charge is 2.24. The third-order valence-electron chi connectivity index (χ3n) is 3.79. The van der Waals surface area contributed by atoms with Gasteiger partial charge in [0.1, 0.15) is 5.65 Å². The number of carbonyl (C=O) groups is 2. The molecule has 7 nitrogen and oxygen atoms in total. The van der Waals surface area contributed by atoms with Crippen LogP contribution >= 0.6 is 11.6 Å². The van der Waals surface area contributed by atoms with Crippen molar-refractivity contribution >= 4 is 46.8 Å². The number of nitrogens with zero attached hydrogens (tertiary/aromatic N) is 3. The minimum Gasteiger partial charge on any atom is -0.402 e. The number of nitrogens with one attached hydrogen (secondary N) is 1. The van der Waals surface area contributed by atoms with Crippen molar-refractivity contribution < 1.29 is 14.3 Å². The SMILES string of the molecule is CC(=O)Nc1ccc(C2=N/C(=C/c3cn4cc(Cl)ccc4n3)C(=O)O2)cc1. The lowest BCUT2D eigenvalue weighted by molar-refractivity contribution is -0.129. The first-order chi connectivity index (χ1) is 13.0. The monoisotopic (exact) mass is 380 g/mol. The van der Waals surface area contributed by atoms with Gasteiger partial charge < -0.3 is 14.5 Å². The number of amides is 1. The summed E-state index contributed by atoms with van der Waals surface area (Å²) in [6.07, 6.45) is 5.03. The molecule has 0 saturated heterocycles. The summed E-state index contributed by atoms with van der Waals surface area (Å²) in [6.45, 7) is 1.43. The van der Waals surface area contributed by atoms with E-state index in [1.807, 2.05) is 0 Å². The highest BCUT2D eigenvalue weighted by molar-refractivity contribution is 6.30. The summed E-state index contributed by atoms with van der Waals surface area (Å²) in [5, 5.41) is 3.26.